The highest BCUT2D eigenvalue weighted by Gasteiger charge is 2.08. The molecule has 3 heteroatoms. The highest BCUT2D eigenvalue weighted by molar-refractivity contribution is 7.20. The maximum absolute atomic E-state index is 10.7. The summed E-state index contributed by atoms with van der Waals surface area (Å²) < 4.78 is 6.29. The first-order valence-electron chi connectivity index (χ1n) is 4.28. The SMILES string of the molecule is COc1ccc(C)c2cc(C=O)sc12. The fourth-order valence-corrected chi connectivity index (χ4v) is 2.51. The number of ether oxygens (including phenoxy) is 1. The van der Waals surface area contributed by atoms with Gasteiger partial charge in [0, 0.05) is 0 Å². The van der Waals surface area contributed by atoms with Gasteiger partial charge in [-0.05, 0) is 30.0 Å². The lowest BCUT2D eigenvalue weighted by molar-refractivity contribution is 0.112. The Hall–Kier alpha value is -1.35. The summed E-state index contributed by atoms with van der Waals surface area (Å²) in [5.74, 6) is 0.837. The topological polar surface area (TPSA) is 26.3 Å². The van der Waals surface area contributed by atoms with Crippen LogP contribution in [0.2, 0.25) is 0 Å². The van der Waals surface area contributed by atoms with Crippen molar-refractivity contribution < 1.29 is 9.53 Å². The Morgan fingerprint density at radius 1 is 1.43 bits per heavy atom. The molecule has 0 aliphatic carbocycles. The molecule has 0 fully saturated rings. The van der Waals surface area contributed by atoms with Gasteiger partial charge in [0.2, 0.25) is 0 Å². The number of hydrogen-bond donors (Lipinski definition) is 0. The van der Waals surface area contributed by atoms with Gasteiger partial charge in [0.05, 0.1) is 16.7 Å². The number of hydrogen-bond acceptors (Lipinski definition) is 3. The molecule has 0 aliphatic heterocycles. The van der Waals surface area contributed by atoms with E-state index in [1.54, 1.807) is 7.11 Å². The third-order valence-corrected chi connectivity index (χ3v) is 3.30. The molecule has 2 rings (SSSR count). The smallest absolute Gasteiger partial charge is 0.160 e. The summed E-state index contributed by atoms with van der Waals surface area (Å²) in [7, 11) is 1.64. The van der Waals surface area contributed by atoms with Crippen molar-refractivity contribution in [3.8, 4) is 5.75 Å². The minimum atomic E-state index is 0.743. The molecule has 0 bridgehead atoms. The van der Waals surface area contributed by atoms with E-state index in [-0.39, 0.29) is 0 Å². The normalized spacial score (nSPS) is 10.4. The average molecular weight is 206 g/mol. The fourth-order valence-electron chi connectivity index (χ4n) is 1.47. The first-order valence-corrected chi connectivity index (χ1v) is 5.10. The minimum Gasteiger partial charge on any atom is -0.495 e. The molecule has 0 radical (unpaired) electrons. The van der Waals surface area contributed by atoms with Crippen molar-refractivity contribution in [3.63, 3.8) is 0 Å². The van der Waals surface area contributed by atoms with Gasteiger partial charge in [0.15, 0.2) is 6.29 Å². The molecule has 0 saturated heterocycles. The van der Waals surface area contributed by atoms with Crippen molar-refractivity contribution in [1.29, 1.82) is 0 Å². The molecule has 1 aromatic heterocycles. The van der Waals surface area contributed by atoms with Crippen molar-refractivity contribution in [2.75, 3.05) is 7.11 Å². The molecule has 2 aromatic rings. The number of benzene rings is 1. The molecular formula is C11H10O2S. The molecule has 2 nitrogen and oxygen atoms in total. The van der Waals surface area contributed by atoms with E-state index in [9.17, 15) is 4.79 Å². The highest BCUT2D eigenvalue weighted by Crippen LogP contribution is 2.34. The van der Waals surface area contributed by atoms with Crippen molar-refractivity contribution >= 4 is 27.7 Å². The lowest BCUT2D eigenvalue weighted by atomic mass is 10.1. The van der Waals surface area contributed by atoms with Gasteiger partial charge in [0.25, 0.3) is 0 Å². The summed E-state index contributed by atoms with van der Waals surface area (Å²) in [6.07, 6.45) is 0.879. The number of thiophene rings is 1. The van der Waals surface area contributed by atoms with Gasteiger partial charge in [-0.3, -0.25) is 4.79 Å². The third-order valence-electron chi connectivity index (χ3n) is 2.22. The fraction of sp³-hybridized carbons (Fsp3) is 0.182. The quantitative estimate of drug-likeness (QED) is 0.706. The van der Waals surface area contributed by atoms with E-state index in [1.807, 2.05) is 25.1 Å². The van der Waals surface area contributed by atoms with Gasteiger partial charge >= 0.3 is 0 Å². The Kier molecular flexibility index (Phi) is 2.25. The van der Waals surface area contributed by atoms with E-state index in [4.69, 9.17) is 4.74 Å². The van der Waals surface area contributed by atoms with Crippen molar-refractivity contribution in [3.05, 3.63) is 28.6 Å². The van der Waals surface area contributed by atoms with Crippen LogP contribution in [-0.4, -0.2) is 13.4 Å². The zero-order valence-electron chi connectivity index (χ0n) is 8.03. The molecule has 1 aromatic carbocycles. The van der Waals surface area contributed by atoms with E-state index >= 15 is 0 Å². The average Bonchev–Trinajstić information content (AvgIpc) is 2.63. The number of carbonyl (C=O) groups excluding carboxylic acids is 1. The Morgan fingerprint density at radius 3 is 2.86 bits per heavy atom. The van der Waals surface area contributed by atoms with Crippen LogP contribution >= 0.6 is 11.3 Å². The van der Waals surface area contributed by atoms with Crippen LogP contribution < -0.4 is 4.74 Å². The van der Waals surface area contributed by atoms with Crippen LogP contribution in [0, 0.1) is 6.92 Å². The second-order valence-corrected chi connectivity index (χ2v) is 4.18. The Morgan fingerprint density at radius 2 is 2.21 bits per heavy atom. The summed E-state index contributed by atoms with van der Waals surface area (Å²) in [5, 5.41) is 1.11. The van der Waals surface area contributed by atoms with Gasteiger partial charge in [-0.15, -0.1) is 11.3 Å². The van der Waals surface area contributed by atoms with Gasteiger partial charge in [-0.2, -0.15) is 0 Å². The Balaban J connectivity index is 2.81. The van der Waals surface area contributed by atoms with E-state index < -0.39 is 0 Å². The predicted octanol–water partition coefficient (Wildman–Crippen LogP) is 3.03. The standard InChI is InChI=1S/C11H10O2S/c1-7-3-4-10(13-2)11-9(7)5-8(6-12)14-11/h3-6H,1-2H3. The predicted molar refractivity (Wildman–Crippen MR) is 58.5 cm³/mol. The van der Waals surface area contributed by atoms with Crippen molar-refractivity contribution in [1.82, 2.24) is 0 Å². The number of fused-ring (bicyclic) bond motifs is 1. The van der Waals surface area contributed by atoms with Gasteiger partial charge < -0.3 is 4.74 Å². The highest BCUT2D eigenvalue weighted by atomic mass is 32.1. The van der Waals surface area contributed by atoms with Crippen LogP contribution in [0.15, 0.2) is 18.2 Å². The summed E-state index contributed by atoms with van der Waals surface area (Å²) >= 11 is 1.47. The summed E-state index contributed by atoms with van der Waals surface area (Å²) in [5.41, 5.74) is 1.17. The number of rotatable bonds is 2. The largest absolute Gasteiger partial charge is 0.495 e. The molecular weight excluding hydrogens is 196 g/mol. The van der Waals surface area contributed by atoms with E-state index in [0.717, 1.165) is 27.0 Å². The Bertz CT molecular complexity index is 485. The molecule has 0 N–H and O–H groups in total. The number of aldehydes is 1. The number of aryl methyl sites for hydroxylation is 1. The summed E-state index contributed by atoms with van der Waals surface area (Å²) in [4.78, 5) is 11.4. The van der Waals surface area contributed by atoms with Gasteiger partial charge in [0.1, 0.15) is 5.75 Å². The van der Waals surface area contributed by atoms with E-state index in [1.165, 1.54) is 16.9 Å². The molecule has 0 amide bonds. The molecule has 0 unspecified atom stereocenters. The number of methoxy groups -OCH3 is 1. The number of carbonyl (C=O) groups is 1. The minimum absolute atomic E-state index is 0.743. The van der Waals surface area contributed by atoms with Gasteiger partial charge in [-0.1, -0.05) is 6.07 Å². The van der Waals surface area contributed by atoms with E-state index in [2.05, 4.69) is 0 Å². The summed E-state index contributed by atoms with van der Waals surface area (Å²) in [6, 6.07) is 5.84. The maximum Gasteiger partial charge on any atom is 0.160 e. The molecule has 72 valence electrons. The van der Waals surface area contributed by atoms with Crippen LogP contribution in [0.5, 0.6) is 5.75 Å². The Labute approximate surface area is 86.1 Å². The van der Waals surface area contributed by atoms with Crippen LogP contribution in [-0.2, 0) is 0 Å². The zero-order valence-corrected chi connectivity index (χ0v) is 8.85. The lowest BCUT2D eigenvalue weighted by Crippen LogP contribution is -1.82. The van der Waals surface area contributed by atoms with Crippen LogP contribution in [0.1, 0.15) is 15.2 Å². The molecule has 0 aliphatic rings. The van der Waals surface area contributed by atoms with Crippen molar-refractivity contribution in [2.24, 2.45) is 0 Å². The van der Waals surface area contributed by atoms with Crippen molar-refractivity contribution in [2.45, 2.75) is 6.92 Å². The lowest BCUT2D eigenvalue weighted by Gasteiger charge is -2.02. The second kappa shape index (κ2) is 3.42. The molecule has 14 heavy (non-hydrogen) atoms. The third kappa shape index (κ3) is 1.30. The second-order valence-electron chi connectivity index (χ2n) is 3.09. The summed E-state index contributed by atoms with van der Waals surface area (Å²) in [6.45, 7) is 2.03. The van der Waals surface area contributed by atoms with Crippen LogP contribution in [0.3, 0.4) is 0 Å². The van der Waals surface area contributed by atoms with E-state index in [0.29, 0.717) is 0 Å². The van der Waals surface area contributed by atoms with Gasteiger partial charge in [-0.25, -0.2) is 0 Å². The van der Waals surface area contributed by atoms with Crippen LogP contribution in [0.4, 0.5) is 0 Å². The zero-order chi connectivity index (χ0) is 10.1. The molecule has 0 saturated carbocycles. The maximum atomic E-state index is 10.7. The first-order chi connectivity index (χ1) is 6.76. The molecule has 1 heterocycles. The first kappa shape index (κ1) is 9.21. The molecule has 0 spiro atoms. The monoisotopic (exact) mass is 206 g/mol. The molecule has 0 atom stereocenters. The van der Waals surface area contributed by atoms with Crippen LogP contribution in [0.25, 0.3) is 10.1 Å².